The highest BCUT2D eigenvalue weighted by Crippen LogP contribution is 2.30. The minimum absolute atomic E-state index is 0.101. The molecule has 0 aliphatic carbocycles. The molecule has 0 aliphatic rings. The van der Waals surface area contributed by atoms with Crippen LogP contribution in [0.5, 0.6) is 11.5 Å². The van der Waals surface area contributed by atoms with Crippen molar-refractivity contribution in [2.75, 3.05) is 30.5 Å². The Morgan fingerprint density at radius 3 is 1.60 bits per heavy atom. The van der Waals surface area contributed by atoms with Crippen LogP contribution in [0, 0.1) is 0 Å². The van der Waals surface area contributed by atoms with Crippen molar-refractivity contribution < 1.29 is 51.3 Å². The van der Waals surface area contributed by atoms with E-state index in [0.29, 0.717) is 47.4 Å². The Bertz CT molecular complexity index is 2390. The maximum absolute atomic E-state index is 12.8. The van der Waals surface area contributed by atoms with E-state index in [1.165, 1.54) is 41.1 Å². The van der Waals surface area contributed by atoms with Crippen LogP contribution in [0.1, 0.15) is 96.0 Å². The smallest absolute Gasteiger partial charge is 0.358 e. The Morgan fingerprint density at radius 2 is 1.16 bits per heavy atom. The lowest BCUT2D eigenvalue weighted by Crippen LogP contribution is -2.16. The fourth-order valence-electron chi connectivity index (χ4n) is 5.14. The average Bonchev–Trinajstić information content (AvgIpc) is 3.80. The monoisotopic (exact) mass is 794 g/mol. The van der Waals surface area contributed by atoms with Crippen molar-refractivity contribution in [1.82, 2.24) is 28.7 Å². The molecule has 6 heterocycles. The van der Waals surface area contributed by atoms with Gasteiger partial charge in [0.05, 0.1) is 25.5 Å². The van der Waals surface area contributed by atoms with E-state index < -0.39 is 47.6 Å². The van der Waals surface area contributed by atoms with E-state index in [0.717, 1.165) is 12.1 Å². The van der Waals surface area contributed by atoms with Gasteiger partial charge in [-0.15, -0.1) is 0 Å². The van der Waals surface area contributed by atoms with E-state index in [2.05, 4.69) is 30.6 Å². The van der Waals surface area contributed by atoms with Gasteiger partial charge in [0.2, 0.25) is 0 Å². The molecular formula is C38H38F4N8O7. The van der Waals surface area contributed by atoms with Crippen molar-refractivity contribution in [3.63, 3.8) is 0 Å². The number of carbonyl (C=O) groups is 3. The number of amides is 2. The molecule has 0 spiro atoms. The van der Waals surface area contributed by atoms with Gasteiger partial charge in [0.15, 0.2) is 5.69 Å². The maximum atomic E-state index is 12.8. The van der Waals surface area contributed by atoms with Gasteiger partial charge in [-0.1, -0.05) is 12.1 Å². The summed E-state index contributed by atoms with van der Waals surface area (Å²) >= 11 is 0. The highest BCUT2D eigenvalue weighted by Gasteiger charge is 2.22. The van der Waals surface area contributed by atoms with E-state index in [-0.39, 0.29) is 29.4 Å². The van der Waals surface area contributed by atoms with Crippen molar-refractivity contribution in [3.8, 4) is 11.5 Å². The minimum Gasteiger partial charge on any atom is -0.491 e. The number of halogens is 4. The number of aliphatic hydroxyl groups is 1. The zero-order valence-electron chi connectivity index (χ0n) is 31.3. The van der Waals surface area contributed by atoms with Crippen molar-refractivity contribution in [2.24, 2.45) is 0 Å². The van der Waals surface area contributed by atoms with Crippen molar-refractivity contribution in [2.45, 2.75) is 53.1 Å². The second kappa shape index (κ2) is 17.9. The lowest BCUT2D eigenvalue weighted by Gasteiger charge is -2.12. The van der Waals surface area contributed by atoms with E-state index in [1.807, 2.05) is 0 Å². The number of aromatic nitrogens is 6. The van der Waals surface area contributed by atoms with Crippen LogP contribution in [0.4, 0.5) is 28.9 Å². The molecule has 3 N–H and O–H groups in total. The first-order valence-electron chi connectivity index (χ1n) is 17.5. The van der Waals surface area contributed by atoms with Crippen LogP contribution in [0.25, 0.3) is 11.3 Å². The van der Waals surface area contributed by atoms with Gasteiger partial charge in [-0.25, -0.2) is 42.3 Å². The molecule has 6 rings (SSSR count). The number of fused-ring (bicyclic) bond motifs is 2. The molecule has 19 heteroatoms. The van der Waals surface area contributed by atoms with Crippen LogP contribution in [-0.4, -0.2) is 71.4 Å². The fourth-order valence-corrected chi connectivity index (χ4v) is 5.14. The summed E-state index contributed by atoms with van der Waals surface area (Å²) in [4.78, 5) is 52.8. The average molecular weight is 795 g/mol. The van der Waals surface area contributed by atoms with Gasteiger partial charge in [-0.3, -0.25) is 9.59 Å². The van der Waals surface area contributed by atoms with Gasteiger partial charge < -0.3 is 38.8 Å². The summed E-state index contributed by atoms with van der Waals surface area (Å²) in [5.41, 5.74) is -0.334. The Hall–Kier alpha value is -6.63. The van der Waals surface area contributed by atoms with Crippen molar-refractivity contribution in [1.29, 1.82) is 0 Å². The number of nitrogens with one attached hydrogen (secondary N) is 2. The number of esters is 1. The molecule has 0 aromatic carbocycles. The molecule has 0 fully saturated rings. The summed E-state index contributed by atoms with van der Waals surface area (Å²) in [5.74, 6) is -1.24. The first-order chi connectivity index (χ1) is 27.1. The first kappa shape index (κ1) is 41.5. The van der Waals surface area contributed by atoms with Gasteiger partial charge in [-0.2, -0.15) is 0 Å². The van der Waals surface area contributed by atoms with Gasteiger partial charge in [0.1, 0.15) is 62.5 Å². The zero-order valence-corrected chi connectivity index (χ0v) is 31.3. The lowest BCUT2D eigenvalue weighted by molar-refractivity contribution is 0.0519. The number of pyridine rings is 4. The highest BCUT2D eigenvalue weighted by molar-refractivity contribution is 6.04. The third kappa shape index (κ3) is 10.2. The number of anilines is 2. The number of alkyl halides is 4. The molecule has 0 saturated carbocycles. The third-order valence-electron chi connectivity index (χ3n) is 7.77. The second-order valence-corrected chi connectivity index (χ2v) is 12.4. The number of nitrogens with zero attached hydrogens (tertiary/aromatic N) is 6. The largest absolute Gasteiger partial charge is 0.491 e. The summed E-state index contributed by atoms with van der Waals surface area (Å²) in [6.07, 6.45) is 0.618. The van der Waals surface area contributed by atoms with Gasteiger partial charge in [0.25, 0.3) is 24.7 Å². The SMILES string of the molecule is CCOC(=O)c1cn2cc(NC(=O)c3cccc(C(F)F)n3)c(OCC)cc2n1.CCOc1cc2nc(C(C)(C)O)cn2cc1NC(=O)c1cccc(C(F)F)n1. The Kier molecular flexibility index (Phi) is 13.0. The van der Waals surface area contributed by atoms with E-state index in [1.54, 1.807) is 63.5 Å². The molecule has 0 radical (unpaired) electrons. The second-order valence-electron chi connectivity index (χ2n) is 12.4. The molecule has 300 valence electrons. The van der Waals surface area contributed by atoms with Crippen LogP contribution in [0.3, 0.4) is 0 Å². The molecule has 6 aromatic heterocycles. The molecule has 15 nitrogen and oxygen atoms in total. The number of hydrogen-bond donors (Lipinski definition) is 3. The van der Waals surface area contributed by atoms with Crippen LogP contribution < -0.4 is 20.1 Å². The molecule has 0 aliphatic heterocycles. The Morgan fingerprint density at radius 1 is 0.684 bits per heavy atom. The number of hydrogen-bond acceptors (Lipinski definition) is 11. The number of rotatable bonds is 13. The number of carbonyl (C=O) groups excluding carboxylic acids is 3. The Labute approximate surface area is 322 Å². The van der Waals surface area contributed by atoms with E-state index in [9.17, 15) is 37.1 Å². The van der Waals surface area contributed by atoms with E-state index in [4.69, 9.17) is 14.2 Å². The lowest BCUT2D eigenvalue weighted by atomic mass is 10.1. The number of imidazole rings is 2. The fraction of sp³-hybridized carbons (Fsp3) is 0.289. The standard InChI is InChI=1S/C19H18F2N4O4.C19H20F2N4O3/c1-3-28-15-8-16-23-14(19(27)29-4-2)10-25(16)9-13(15)24-18(26)12-7-5-6-11(22-12)17(20)21;1-4-28-14-8-16-24-15(19(2,3)27)10-25(16)9-13(14)23-18(26)12-7-5-6-11(22-12)17(20)21/h5-10,17H,3-4H2,1-2H3,(H,24,26);5-10,17,27H,4H2,1-3H3,(H,23,26). The van der Waals surface area contributed by atoms with Crippen LogP contribution in [0.15, 0.2) is 73.3 Å². The summed E-state index contributed by atoms with van der Waals surface area (Å²) in [7, 11) is 0. The molecule has 57 heavy (non-hydrogen) atoms. The van der Waals surface area contributed by atoms with Crippen LogP contribution in [-0.2, 0) is 10.3 Å². The molecule has 0 saturated heterocycles. The molecule has 0 bridgehead atoms. The summed E-state index contributed by atoms with van der Waals surface area (Å²) in [6, 6.07) is 10.8. The minimum atomic E-state index is -2.79. The molecule has 0 atom stereocenters. The highest BCUT2D eigenvalue weighted by atomic mass is 19.3. The maximum Gasteiger partial charge on any atom is 0.358 e. The van der Waals surface area contributed by atoms with Crippen LogP contribution in [0.2, 0.25) is 0 Å². The first-order valence-corrected chi connectivity index (χ1v) is 17.5. The van der Waals surface area contributed by atoms with Gasteiger partial charge in [-0.05, 0) is 58.9 Å². The summed E-state index contributed by atoms with van der Waals surface area (Å²) in [6.45, 7) is 9.33. The quantitative estimate of drug-likeness (QED) is 0.0805. The van der Waals surface area contributed by atoms with Crippen molar-refractivity contribution >= 4 is 40.5 Å². The molecule has 2 amide bonds. The predicted molar refractivity (Wildman–Crippen MR) is 198 cm³/mol. The Balaban J connectivity index is 0.000000218. The van der Waals surface area contributed by atoms with Gasteiger partial charge >= 0.3 is 5.97 Å². The summed E-state index contributed by atoms with van der Waals surface area (Å²) < 4.78 is 70.5. The zero-order chi connectivity index (χ0) is 41.4. The topological polar surface area (TPSA) is 184 Å². The summed E-state index contributed by atoms with van der Waals surface area (Å²) in [5, 5.41) is 15.4. The number of ether oxygens (including phenoxy) is 3. The molecular weight excluding hydrogens is 756 g/mol. The molecule has 6 aromatic rings. The molecule has 0 unspecified atom stereocenters. The van der Waals surface area contributed by atoms with E-state index >= 15 is 0 Å². The normalized spacial score (nSPS) is 11.4. The van der Waals surface area contributed by atoms with Gasteiger partial charge in [0, 0.05) is 36.9 Å². The van der Waals surface area contributed by atoms with Crippen LogP contribution >= 0.6 is 0 Å². The predicted octanol–water partition coefficient (Wildman–Crippen LogP) is 7.04. The third-order valence-corrected chi connectivity index (χ3v) is 7.77. The van der Waals surface area contributed by atoms with Crippen molar-refractivity contribution in [3.05, 3.63) is 107 Å².